The van der Waals surface area contributed by atoms with Crippen molar-refractivity contribution in [3.8, 4) is 33.4 Å². The third-order valence-corrected chi connectivity index (χ3v) is 8.64. The summed E-state index contributed by atoms with van der Waals surface area (Å²) in [6, 6.07) is 52.6. The van der Waals surface area contributed by atoms with Crippen LogP contribution in [0.5, 0.6) is 0 Å². The van der Waals surface area contributed by atoms with Gasteiger partial charge in [0.25, 0.3) is 0 Å². The first-order valence-electron chi connectivity index (χ1n) is 14.1. The van der Waals surface area contributed by atoms with Crippen LogP contribution in [0.15, 0.2) is 150 Å². The van der Waals surface area contributed by atoms with Gasteiger partial charge >= 0.3 is 0 Å². The van der Waals surface area contributed by atoms with E-state index < -0.39 is 0 Å². The van der Waals surface area contributed by atoms with Gasteiger partial charge in [-0.1, -0.05) is 133 Å². The van der Waals surface area contributed by atoms with E-state index in [1.165, 1.54) is 76.5 Å². The fourth-order valence-electron chi connectivity index (χ4n) is 6.87. The van der Waals surface area contributed by atoms with Crippen LogP contribution >= 0.6 is 0 Å². The lowest BCUT2D eigenvalue weighted by Crippen LogP contribution is -1.91. The fourth-order valence-corrected chi connectivity index (χ4v) is 6.87. The van der Waals surface area contributed by atoms with E-state index in [9.17, 15) is 0 Å². The summed E-state index contributed by atoms with van der Waals surface area (Å²) in [5, 5.41) is 9.99. The van der Waals surface area contributed by atoms with Crippen molar-refractivity contribution < 1.29 is 4.42 Å². The highest BCUT2D eigenvalue weighted by Gasteiger charge is 2.18. The van der Waals surface area contributed by atoms with E-state index in [2.05, 4.69) is 146 Å². The molecule has 0 saturated heterocycles. The summed E-state index contributed by atoms with van der Waals surface area (Å²) in [5.74, 6) is 0. The van der Waals surface area contributed by atoms with E-state index in [1.807, 2.05) is 0 Å². The molecule has 190 valence electrons. The predicted molar refractivity (Wildman–Crippen MR) is 174 cm³/mol. The highest BCUT2D eigenvalue weighted by molar-refractivity contribution is 6.24. The van der Waals surface area contributed by atoms with Crippen LogP contribution in [0.2, 0.25) is 0 Å². The maximum Gasteiger partial charge on any atom is 0.136 e. The van der Waals surface area contributed by atoms with Crippen LogP contribution in [0.3, 0.4) is 0 Å². The second-order valence-corrected chi connectivity index (χ2v) is 10.8. The first-order chi connectivity index (χ1) is 20.3. The zero-order valence-electron chi connectivity index (χ0n) is 22.3. The summed E-state index contributed by atoms with van der Waals surface area (Å²) in [4.78, 5) is 0. The molecule has 0 bridgehead atoms. The average Bonchev–Trinajstić information content (AvgIpc) is 3.43. The van der Waals surface area contributed by atoms with Gasteiger partial charge in [0.05, 0.1) is 0 Å². The van der Waals surface area contributed by atoms with Crippen molar-refractivity contribution in [1.82, 2.24) is 0 Å². The molecule has 1 aromatic heterocycles. The predicted octanol–water partition coefficient (Wildman–Crippen LogP) is 11.5. The Balaban J connectivity index is 1.26. The van der Waals surface area contributed by atoms with Gasteiger partial charge in [-0.05, 0) is 77.8 Å². The number of fused-ring (bicyclic) bond motifs is 2. The highest BCUT2D eigenvalue weighted by Crippen LogP contribution is 2.45. The lowest BCUT2D eigenvalue weighted by molar-refractivity contribution is 0.669. The molecule has 1 nitrogen and oxygen atoms in total. The minimum Gasteiger partial charge on any atom is -0.456 e. The SMILES string of the molecule is c1ccc(-c2c3ccccc3c(-c3ccc(-c4ccc5oc6cccc7ccc4c5c76)cc3)c3ccccc23)cc1. The molecule has 0 radical (unpaired) electrons. The van der Waals surface area contributed by atoms with Gasteiger partial charge in [0.2, 0.25) is 0 Å². The molecule has 41 heavy (non-hydrogen) atoms. The van der Waals surface area contributed by atoms with Gasteiger partial charge in [-0.15, -0.1) is 0 Å². The third kappa shape index (κ3) is 3.24. The second-order valence-electron chi connectivity index (χ2n) is 10.8. The molecule has 0 spiro atoms. The maximum absolute atomic E-state index is 6.21. The molecular formula is C40H24O. The summed E-state index contributed by atoms with van der Waals surface area (Å²) in [6.45, 7) is 0. The Labute approximate surface area is 237 Å². The standard InChI is InChI=1S/C40H24O/c1-2-9-26(10-3-1)37-30-12-4-6-14-32(30)38(33-15-7-5-13-31(33)37)28-19-17-25(18-20-28)29-23-24-36-40-34(29)22-21-27-11-8-16-35(41-36)39(27)40/h1-24H. The van der Waals surface area contributed by atoms with Gasteiger partial charge in [-0.3, -0.25) is 0 Å². The molecule has 1 heteroatoms. The lowest BCUT2D eigenvalue weighted by Gasteiger charge is -2.18. The number of benzene rings is 8. The first-order valence-corrected chi connectivity index (χ1v) is 14.1. The van der Waals surface area contributed by atoms with Crippen LogP contribution < -0.4 is 0 Å². The molecule has 0 aliphatic heterocycles. The molecule has 0 atom stereocenters. The number of hydrogen-bond donors (Lipinski definition) is 0. The maximum atomic E-state index is 6.21. The van der Waals surface area contributed by atoms with E-state index in [4.69, 9.17) is 4.42 Å². The van der Waals surface area contributed by atoms with Crippen molar-refractivity contribution in [2.75, 3.05) is 0 Å². The largest absolute Gasteiger partial charge is 0.456 e. The lowest BCUT2D eigenvalue weighted by atomic mass is 9.85. The smallest absolute Gasteiger partial charge is 0.136 e. The van der Waals surface area contributed by atoms with E-state index in [-0.39, 0.29) is 0 Å². The van der Waals surface area contributed by atoms with Crippen molar-refractivity contribution in [3.05, 3.63) is 146 Å². The van der Waals surface area contributed by atoms with E-state index in [1.54, 1.807) is 0 Å². The highest BCUT2D eigenvalue weighted by atomic mass is 16.3. The van der Waals surface area contributed by atoms with E-state index >= 15 is 0 Å². The summed E-state index contributed by atoms with van der Waals surface area (Å²) < 4.78 is 6.21. The zero-order valence-corrected chi connectivity index (χ0v) is 22.3. The van der Waals surface area contributed by atoms with Gasteiger partial charge in [0.15, 0.2) is 0 Å². The Hall–Kier alpha value is -5.40. The number of furan rings is 1. The molecule has 0 aliphatic carbocycles. The average molecular weight is 521 g/mol. The Morgan fingerprint density at radius 3 is 1.54 bits per heavy atom. The Morgan fingerprint density at radius 1 is 0.317 bits per heavy atom. The molecule has 0 fully saturated rings. The topological polar surface area (TPSA) is 13.1 Å². The van der Waals surface area contributed by atoms with Crippen LogP contribution in [0.4, 0.5) is 0 Å². The van der Waals surface area contributed by atoms with Crippen LogP contribution in [0.25, 0.3) is 87.6 Å². The molecule has 8 aromatic carbocycles. The number of rotatable bonds is 3. The molecule has 0 amide bonds. The van der Waals surface area contributed by atoms with E-state index in [0.717, 1.165) is 11.2 Å². The Morgan fingerprint density at radius 2 is 0.878 bits per heavy atom. The Kier molecular flexibility index (Phi) is 4.67. The van der Waals surface area contributed by atoms with Gasteiger partial charge in [-0.2, -0.15) is 0 Å². The van der Waals surface area contributed by atoms with Crippen molar-refractivity contribution in [2.45, 2.75) is 0 Å². The second kappa shape index (κ2) is 8.55. The molecule has 0 N–H and O–H groups in total. The van der Waals surface area contributed by atoms with Crippen LogP contribution in [-0.2, 0) is 0 Å². The molecule has 0 unspecified atom stereocenters. The molecule has 0 saturated carbocycles. The quantitative estimate of drug-likeness (QED) is 0.167. The molecular weight excluding hydrogens is 496 g/mol. The summed E-state index contributed by atoms with van der Waals surface area (Å²) in [7, 11) is 0. The van der Waals surface area contributed by atoms with Gasteiger partial charge in [0.1, 0.15) is 11.2 Å². The van der Waals surface area contributed by atoms with E-state index in [0.29, 0.717) is 0 Å². The van der Waals surface area contributed by atoms with Gasteiger partial charge in [-0.25, -0.2) is 0 Å². The summed E-state index contributed by atoms with van der Waals surface area (Å²) >= 11 is 0. The first kappa shape index (κ1) is 22.4. The summed E-state index contributed by atoms with van der Waals surface area (Å²) in [6.07, 6.45) is 0. The van der Waals surface area contributed by atoms with Gasteiger partial charge < -0.3 is 4.42 Å². The normalized spacial score (nSPS) is 11.9. The van der Waals surface area contributed by atoms with Crippen LogP contribution in [0.1, 0.15) is 0 Å². The molecule has 9 aromatic rings. The monoisotopic (exact) mass is 520 g/mol. The van der Waals surface area contributed by atoms with Crippen molar-refractivity contribution >= 4 is 54.3 Å². The summed E-state index contributed by atoms with van der Waals surface area (Å²) in [5.41, 5.74) is 9.38. The number of hydrogen-bond acceptors (Lipinski definition) is 1. The zero-order chi connectivity index (χ0) is 26.9. The van der Waals surface area contributed by atoms with Crippen molar-refractivity contribution in [2.24, 2.45) is 0 Å². The van der Waals surface area contributed by atoms with Crippen molar-refractivity contribution in [3.63, 3.8) is 0 Å². The van der Waals surface area contributed by atoms with Crippen LogP contribution in [-0.4, -0.2) is 0 Å². The minimum absolute atomic E-state index is 0.948. The molecule has 0 aliphatic rings. The third-order valence-electron chi connectivity index (χ3n) is 8.64. The van der Waals surface area contributed by atoms with Crippen molar-refractivity contribution in [1.29, 1.82) is 0 Å². The molecule has 9 rings (SSSR count). The minimum atomic E-state index is 0.948. The van der Waals surface area contributed by atoms with Crippen LogP contribution in [0, 0.1) is 0 Å². The molecule has 1 heterocycles. The fraction of sp³-hybridized carbons (Fsp3) is 0. The van der Waals surface area contributed by atoms with Gasteiger partial charge in [0, 0.05) is 10.8 Å². The Bertz CT molecular complexity index is 2340.